The number of ether oxygens (including phenoxy) is 1. The second-order valence-electron chi connectivity index (χ2n) is 7.41. The molecule has 0 radical (unpaired) electrons. The third-order valence-electron chi connectivity index (χ3n) is 4.43. The second-order valence-corrected chi connectivity index (χ2v) is 7.41. The summed E-state index contributed by atoms with van der Waals surface area (Å²) in [4.78, 5) is 11.4. The van der Waals surface area contributed by atoms with Gasteiger partial charge in [-0.1, -0.05) is 77.6 Å². The van der Waals surface area contributed by atoms with Gasteiger partial charge in [0.2, 0.25) is 0 Å². The van der Waals surface area contributed by atoms with Gasteiger partial charge in [0, 0.05) is 6.42 Å². The van der Waals surface area contributed by atoms with Crippen molar-refractivity contribution in [2.45, 2.75) is 129 Å². The van der Waals surface area contributed by atoms with Crippen LogP contribution < -0.4 is 0 Å². The van der Waals surface area contributed by atoms with Crippen molar-refractivity contribution in [3.8, 4) is 0 Å². The molecule has 0 fully saturated rings. The SMILES string of the molecule is CCCCCCC(O)CCCCCCCCCCC(=O)OC(C)C. The first-order chi connectivity index (χ1) is 11.6. The van der Waals surface area contributed by atoms with Gasteiger partial charge in [-0.05, 0) is 33.1 Å². The molecule has 0 rings (SSSR count). The number of hydrogen-bond acceptors (Lipinski definition) is 3. The predicted molar refractivity (Wildman–Crippen MR) is 102 cm³/mol. The van der Waals surface area contributed by atoms with E-state index in [1.165, 1.54) is 57.8 Å². The fourth-order valence-electron chi connectivity index (χ4n) is 2.98. The van der Waals surface area contributed by atoms with E-state index in [0.29, 0.717) is 6.42 Å². The standard InChI is InChI=1S/C21H42O3/c1-4-5-6-13-16-20(22)17-14-11-9-7-8-10-12-15-18-21(23)24-19(2)3/h19-20,22H,4-18H2,1-3H3. The Morgan fingerprint density at radius 3 is 1.75 bits per heavy atom. The van der Waals surface area contributed by atoms with E-state index in [9.17, 15) is 9.90 Å². The van der Waals surface area contributed by atoms with E-state index in [1.807, 2.05) is 13.8 Å². The zero-order valence-electron chi connectivity index (χ0n) is 16.5. The summed E-state index contributed by atoms with van der Waals surface area (Å²) >= 11 is 0. The van der Waals surface area contributed by atoms with Crippen LogP contribution in [-0.4, -0.2) is 23.3 Å². The minimum absolute atomic E-state index is 0.00681. The van der Waals surface area contributed by atoms with Gasteiger partial charge >= 0.3 is 5.97 Å². The van der Waals surface area contributed by atoms with Gasteiger partial charge in [-0.15, -0.1) is 0 Å². The molecule has 0 heterocycles. The Morgan fingerprint density at radius 1 is 0.792 bits per heavy atom. The van der Waals surface area contributed by atoms with Crippen LogP contribution in [0.1, 0.15) is 117 Å². The number of rotatable bonds is 17. The Labute approximate surface area is 150 Å². The van der Waals surface area contributed by atoms with Crippen LogP contribution in [0.25, 0.3) is 0 Å². The number of carbonyl (C=O) groups is 1. The molecule has 3 nitrogen and oxygen atoms in total. The van der Waals surface area contributed by atoms with Gasteiger partial charge in [0.15, 0.2) is 0 Å². The number of hydrogen-bond donors (Lipinski definition) is 1. The van der Waals surface area contributed by atoms with Crippen molar-refractivity contribution in [3.05, 3.63) is 0 Å². The number of aliphatic hydroxyl groups is 1. The topological polar surface area (TPSA) is 46.5 Å². The minimum atomic E-state index is -0.0764. The molecule has 0 aromatic heterocycles. The first-order valence-electron chi connectivity index (χ1n) is 10.4. The van der Waals surface area contributed by atoms with Crippen LogP contribution in [0.2, 0.25) is 0 Å². The van der Waals surface area contributed by atoms with E-state index < -0.39 is 0 Å². The van der Waals surface area contributed by atoms with Gasteiger partial charge in [-0.2, -0.15) is 0 Å². The molecule has 0 aromatic carbocycles. The summed E-state index contributed by atoms with van der Waals surface area (Å²) in [6.45, 7) is 6.00. The van der Waals surface area contributed by atoms with Gasteiger partial charge in [0.05, 0.1) is 12.2 Å². The van der Waals surface area contributed by atoms with Crippen molar-refractivity contribution in [1.29, 1.82) is 0 Å². The maximum Gasteiger partial charge on any atom is 0.306 e. The predicted octanol–water partition coefficient (Wildman–Crippen LogP) is 6.17. The van der Waals surface area contributed by atoms with E-state index in [2.05, 4.69) is 6.92 Å². The molecular formula is C21H42O3. The molecule has 3 heteroatoms. The first kappa shape index (κ1) is 23.4. The lowest BCUT2D eigenvalue weighted by Crippen LogP contribution is -2.10. The van der Waals surface area contributed by atoms with E-state index in [4.69, 9.17) is 4.74 Å². The van der Waals surface area contributed by atoms with Crippen molar-refractivity contribution in [2.75, 3.05) is 0 Å². The fraction of sp³-hybridized carbons (Fsp3) is 0.952. The molecule has 0 aromatic rings. The zero-order valence-corrected chi connectivity index (χ0v) is 16.5. The summed E-state index contributed by atoms with van der Waals surface area (Å²) in [6.07, 6.45) is 17.0. The number of esters is 1. The summed E-state index contributed by atoms with van der Waals surface area (Å²) in [5, 5.41) is 9.91. The van der Waals surface area contributed by atoms with Gasteiger partial charge in [0.1, 0.15) is 0 Å². The minimum Gasteiger partial charge on any atom is -0.463 e. The van der Waals surface area contributed by atoms with Crippen molar-refractivity contribution in [3.63, 3.8) is 0 Å². The molecule has 1 unspecified atom stereocenters. The third-order valence-corrected chi connectivity index (χ3v) is 4.43. The Morgan fingerprint density at radius 2 is 1.25 bits per heavy atom. The Kier molecular flexibility index (Phi) is 16.8. The summed E-state index contributed by atoms with van der Waals surface area (Å²) < 4.78 is 5.12. The molecule has 0 aliphatic carbocycles. The molecule has 1 N–H and O–H groups in total. The van der Waals surface area contributed by atoms with Crippen LogP contribution in [0, 0.1) is 0 Å². The van der Waals surface area contributed by atoms with Gasteiger partial charge in [0.25, 0.3) is 0 Å². The largest absolute Gasteiger partial charge is 0.463 e. The molecule has 144 valence electrons. The molecule has 0 bridgehead atoms. The second kappa shape index (κ2) is 17.3. The highest BCUT2D eigenvalue weighted by molar-refractivity contribution is 5.69. The Balaban J connectivity index is 3.21. The number of aliphatic hydroxyl groups excluding tert-OH is 1. The van der Waals surface area contributed by atoms with Crippen LogP contribution in [0.15, 0.2) is 0 Å². The maximum atomic E-state index is 11.4. The van der Waals surface area contributed by atoms with E-state index in [0.717, 1.165) is 32.1 Å². The number of unbranched alkanes of at least 4 members (excludes halogenated alkanes) is 10. The Bertz CT molecular complexity index is 276. The van der Waals surface area contributed by atoms with Crippen molar-refractivity contribution < 1.29 is 14.6 Å². The van der Waals surface area contributed by atoms with Crippen LogP contribution in [0.3, 0.4) is 0 Å². The monoisotopic (exact) mass is 342 g/mol. The lowest BCUT2D eigenvalue weighted by Gasteiger charge is -2.10. The quantitative estimate of drug-likeness (QED) is 0.254. The first-order valence-corrected chi connectivity index (χ1v) is 10.4. The van der Waals surface area contributed by atoms with Crippen LogP contribution >= 0.6 is 0 Å². The average molecular weight is 343 g/mol. The van der Waals surface area contributed by atoms with Crippen molar-refractivity contribution >= 4 is 5.97 Å². The summed E-state index contributed by atoms with van der Waals surface area (Å²) in [5.41, 5.74) is 0. The third kappa shape index (κ3) is 17.8. The fourth-order valence-corrected chi connectivity index (χ4v) is 2.98. The van der Waals surface area contributed by atoms with Crippen LogP contribution in [0.4, 0.5) is 0 Å². The highest BCUT2D eigenvalue weighted by atomic mass is 16.5. The zero-order chi connectivity index (χ0) is 18.0. The molecule has 1 atom stereocenters. The highest BCUT2D eigenvalue weighted by Gasteiger charge is 2.05. The summed E-state index contributed by atoms with van der Waals surface area (Å²) in [7, 11) is 0. The normalized spacial score (nSPS) is 12.5. The van der Waals surface area contributed by atoms with Gasteiger partial charge in [-0.25, -0.2) is 0 Å². The molecule has 0 aliphatic heterocycles. The molecule has 0 aliphatic rings. The van der Waals surface area contributed by atoms with Gasteiger partial charge < -0.3 is 9.84 Å². The van der Waals surface area contributed by atoms with E-state index >= 15 is 0 Å². The number of carbonyl (C=O) groups excluding carboxylic acids is 1. The molecule has 0 saturated carbocycles. The molecule has 0 amide bonds. The lowest BCUT2D eigenvalue weighted by molar-refractivity contribution is -0.147. The lowest BCUT2D eigenvalue weighted by atomic mass is 10.0. The van der Waals surface area contributed by atoms with Crippen LogP contribution in [-0.2, 0) is 9.53 Å². The van der Waals surface area contributed by atoms with Gasteiger partial charge in [-0.3, -0.25) is 4.79 Å². The van der Waals surface area contributed by atoms with Crippen LogP contribution in [0.5, 0.6) is 0 Å². The summed E-state index contributed by atoms with van der Waals surface area (Å²) in [5.74, 6) is -0.0572. The molecular weight excluding hydrogens is 300 g/mol. The molecule has 24 heavy (non-hydrogen) atoms. The maximum absolute atomic E-state index is 11.4. The molecule has 0 spiro atoms. The smallest absolute Gasteiger partial charge is 0.306 e. The average Bonchev–Trinajstić information content (AvgIpc) is 2.52. The summed E-state index contributed by atoms with van der Waals surface area (Å²) in [6, 6.07) is 0. The Hall–Kier alpha value is -0.570. The van der Waals surface area contributed by atoms with E-state index in [-0.39, 0.29) is 18.2 Å². The van der Waals surface area contributed by atoms with Crippen molar-refractivity contribution in [1.82, 2.24) is 0 Å². The van der Waals surface area contributed by atoms with E-state index in [1.54, 1.807) is 0 Å². The highest BCUT2D eigenvalue weighted by Crippen LogP contribution is 2.14. The molecule has 0 saturated heterocycles. The van der Waals surface area contributed by atoms with Crippen molar-refractivity contribution in [2.24, 2.45) is 0 Å².